The van der Waals surface area contributed by atoms with Gasteiger partial charge in [0.1, 0.15) is 0 Å². The van der Waals surface area contributed by atoms with Crippen LogP contribution in [0.2, 0.25) is 0 Å². The molecular formula is C14H20N2O2. The summed E-state index contributed by atoms with van der Waals surface area (Å²) in [5.74, 6) is 0.0262. The maximum atomic E-state index is 11.9. The van der Waals surface area contributed by atoms with Crippen LogP contribution in [0.1, 0.15) is 30.9 Å². The highest BCUT2D eigenvalue weighted by Crippen LogP contribution is 2.14. The Hall–Kier alpha value is -1.39. The van der Waals surface area contributed by atoms with Crippen LogP contribution in [0.4, 0.5) is 0 Å². The van der Waals surface area contributed by atoms with E-state index in [4.69, 9.17) is 10.5 Å². The van der Waals surface area contributed by atoms with Crippen LogP contribution in [0.25, 0.3) is 0 Å². The van der Waals surface area contributed by atoms with Crippen molar-refractivity contribution in [1.29, 1.82) is 0 Å². The predicted molar refractivity (Wildman–Crippen MR) is 70.0 cm³/mol. The van der Waals surface area contributed by atoms with E-state index in [2.05, 4.69) is 5.32 Å². The Morgan fingerprint density at radius 2 is 2.00 bits per heavy atom. The number of hydrogen-bond donors (Lipinski definition) is 2. The van der Waals surface area contributed by atoms with Gasteiger partial charge in [0.2, 0.25) is 5.91 Å². The highest BCUT2D eigenvalue weighted by atomic mass is 16.5. The molecule has 0 aliphatic carbocycles. The molecule has 0 saturated carbocycles. The summed E-state index contributed by atoms with van der Waals surface area (Å²) in [7, 11) is 0. The number of amides is 1. The summed E-state index contributed by atoms with van der Waals surface area (Å²) < 4.78 is 5.26. The molecule has 1 heterocycles. The third kappa shape index (κ3) is 3.82. The van der Waals surface area contributed by atoms with Gasteiger partial charge in [-0.1, -0.05) is 30.3 Å². The first-order valence-electron chi connectivity index (χ1n) is 6.43. The first kappa shape index (κ1) is 13.1. The normalized spacial score (nSPS) is 18.3. The number of ether oxygens (including phenoxy) is 1. The van der Waals surface area contributed by atoms with Crippen LogP contribution in [-0.4, -0.2) is 25.2 Å². The molecule has 1 amide bonds. The number of carbonyl (C=O) groups excluding carboxylic acids is 1. The van der Waals surface area contributed by atoms with E-state index in [1.165, 1.54) is 0 Å². The van der Waals surface area contributed by atoms with Gasteiger partial charge in [0.25, 0.3) is 0 Å². The van der Waals surface area contributed by atoms with E-state index >= 15 is 0 Å². The van der Waals surface area contributed by atoms with Crippen LogP contribution in [0.5, 0.6) is 0 Å². The van der Waals surface area contributed by atoms with Crippen molar-refractivity contribution >= 4 is 5.91 Å². The number of rotatable bonds is 4. The van der Waals surface area contributed by atoms with Crippen molar-refractivity contribution in [2.24, 2.45) is 5.73 Å². The average molecular weight is 248 g/mol. The topological polar surface area (TPSA) is 64.4 Å². The summed E-state index contributed by atoms with van der Waals surface area (Å²) in [6.45, 7) is 1.46. The lowest BCUT2D eigenvalue weighted by molar-refractivity contribution is -0.122. The van der Waals surface area contributed by atoms with Crippen molar-refractivity contribution in [3.05, 3.63) is 35.9 Å². The lowest BCUT2D eigenvalue weighted by Gasteiger charge is -2.23. The van der Waals surface area contributed by atoms with Gasteiger partial charge in [-0.3, -0.25) is 4.79 Å². The predicted octanol–water partition coefficient (Wildman–Crippen LogP) is 1.37. The monoisotopic (exact) mass is 248 g/mol. The zero-order valence-electron chi connectivity index (χ0n) is 10.5. The van der Waals surface area contributed by atoms with E-state index in [0.717, 1.165) is 31.6 Å². The Labute approximate surface area is 108 Å². The molecule has 1 aliphatic rings. The van der Waals surface area contributed by atoms with Crippen molar-refractivity contribution in [3.8, 4) is 0 Å². The van der Waals surface area contributed by atoms with E-state index in [1.807, 2.05) is 30.3 Å². The van der Waals surface area contributed by atoms with Gasteiger partial charge in [0, 0.05) is 31.7 Å². The largest absolute Gasteiger partial charge is 0.381 e. The molecule has 0 bridgehead atoms. The Morgan fingerprint density at radius 3 is 2.67 bits per heavy atom. The maximum absolute atomic E-state index is 11.9. The van der Waals surface area contributed by atoms with Gasteiger partial charge >= 0.3 is 0 Å². The molecule has 0 aromatic heterocycles. The summed E-state index contributed by atoms with van der Waals surface area (Å²) in [6.07, 6.45) is 2.13. The van der Waals surface area contributed by atoms with Crippen LogP contribution < -0.4 is 11.1 Å². The molecule has 2 rings (SSSR count). The molecule has 4 nitrogen and oxygen atoms in total. The van der Waals surface area contributed by atoms with Crippen molar-refractivity contribution < 1.29 is 9.53 Å². The molecule has 4 heteroatoms. The third-order valence-corrected chi connectivity index (χ3v) is 3.22. The van der Waals surface area contributed by atoms with E-state index < -0.39 is 0 Å². The molecule has 0 spiro atoms. The van der Waals surface area contributed by atoms with Gasteiger partial charge in [-0.2, -0.15) is 0 Å². The quantitative estimate of drug-likeness (QED) is 0.846. The molecule has 1 aromatic rings. The maximum Gasteiger partial charge on any atom is 0.222 e. The van der Waals surface area contributed by atoms with Crippen LogP contribution in [0.3, 0.4) is 0 Å². The SMILES string of the molecule is NC(CC(=O)NC1CCOCC1)c1ccccc1. The Bertz CT molecular complexity index is 375. The summed E-state index contributed by atoms with van der Waals surface area (Å²) in [6, 6.07) is 9.73. The second-order valence-electron chi connectivity index (χ2n) is 4.68. The van der Waals surface area contributed by atoms with Crippen molar-refractivity contribution in [2.75, 3.05) is 13.2 Å². The summed E-state index contributed by atoms with van der Waals surface area (Å²) >= 11 is 0. The fraction of sp³-hybridized carbons (Fsp3) is 0.500. The van der Waals surface area contributed by atoms with Crippen molar-refractivity contribution in [2.45, 2.75) is 31.3 Å². The second kappa shape index (κ2) is 6.52. The average Bonchev–Trinajstić information content (AvgIpc) is 2.40. The second-order valence-corrected chi connectivity index (χ2v) is 4.68. The molecule has 18 heavy (non-hydrogen) atoms. The number of benzene rings is 1. The number of nitrogens with two attached hydrogens (primary N) is 1. The molecule has 0 radical (unpaired) electrons. The van der Waals surface area contributed by atoms with Gasteiger partial charge in [-0.05, 0) is 18.4 Å². The van der Waals surface area contributed by atoms with Crippen LogP contribution in [0, 0.1) is 0 Å². The van der Waals surface area contributed by atoms with Gasteiger partial charge < -0.3 is 15.8 Å². The molecule has 1 saturated heterocycles. The summed E-state index contributed by atoms with van der Waals surface area (Å²) in [5.41, 5.74) is 7.02. The Morgan fingerprint density at radius 1 is 1.33 bits per heavy atom. The Kier molecular flexibility index (Phi) is 4.73. The first-order valence-corrected chi connectivity index (χ1v) is 6.43. The molecule has 1 unspecified atom stereocenters. The number of hydrogen-bond acceptors (Lipinski definition) is 3. The van der Waals surface area contributed by atoms with E-state index in [9.17, 15) is 4.79 Å². The molecule has 1 aliphatic heterocycles. The van der Waals surface area contributed by atoms with Crippen molar-refractivity contribution in [3.63, 3.8) is 0 Å². The minimum atomic E-state index is -0.231. The van der Waals surface area contributed by atoms with Gasteiger partial charge in [-0.25, -0.2) is 0 Å². The molecule has 1 aromatic carbocycles. The van der Waals surface area contributed by atoms with E-state index in [0.29, 0.717) is 6.42 Å². The van der Waals surface area contributed by atoms with Crippen LogP contribution in [0.15, 0.2) is 30.3 Å². The van der Waals surface area contributed by atoms with E-state index in [-0.39, 0.29) is 18.0 Å². The summed E-state index contributed by atoms with van der Waals surface area (Å²) in [4.78, 5) is 11.9. The molecule has 1 atom stereocenters. The molecule has 3 N–H and O–H groups in total. The highest BCUT2D eigenvalue weighted by Gasteiger charge is 2.18. The number of carbonyl (C=O) groups is 1. The number of nitrogens with one attached hydrogen (secondary N) is 1. The van der Waals surface area contributed by atoms with Crippen molar-refractivity contribution in [1.82, 2.24) is 5.32 Å². The molecule has 98 valence electrons. The lowest BCUT2D eigenvalue weighted by Crippen LogP contribution is -2.39. The molecule has 1 fully saturated rings. The van der Waals surface area contributed by atoms with E-state index in [1.54, 1.807) is 0 Å². The zero-order valence-corrected chi connectivity index (χ0v) is 10.5. The minimum absolute atomic E-state index is 0.0262. The summed E-state index contributed by atoms with van der Waals surface area (Å²) in [5, 5.41) is 3.02. The third-order valence-electron chi connectivity index (χ3n) is 3.22. The zero-order chi connectivity index (χ0) is 12.8. The molecular weight excluding hydrogens is 228 g/mol. The highest BCUT2D eigenvalue weighted by molar-refractivity contribution is 5.77. The minimum Gasteiger partial charge on any atom is -0.381 e. The lowest BCUT2D eigenvalue weighted by atomic mass is 10.0. The first-order chi connectivity index (χ1) is 8.75. The standard InChI is InChI=1S/C14H20N2O2/c15-13(11-4-2-1-3-5-11)10-14(17)16-12-6-8-18-9-7-12/h1-5,12-13H,6-10,15H2,(H,16,17). The Balaban J connectivity index is 1.80. The fourth-order valence-electron chi connectivity index (χ4n) is 2.15. The van der Waals surface area contributed by atoms with Gasteiger partial charge in [0.15, 0.2) is 0 Å². The van der Waals surface area contributed by atoms with Crippen LogP contribution in [-0.2, 0) is 9.53 Å². The fourth-order valence-corrected chi connectivity index (χ4v) is 2.15. The smallest absolute Gasteiger partial charge is 0.222 e. The van der Waals surface area contributed by atoms with Gasteiger partial charge in [0.05, 0.1) is 0 Å². The van der Waals surface area contributed by atoms with Crippen LogP contribution >= 0.6 is 0 Å². The van der Waals surface area contributed by atoms with Gasteiger partial charge in [-0.15, -0.1) is 0 Å².